The van der Waals surface area contributed by atoms with Crippen molar-refractivity contribution in [3.63, 3.8) is 0 Å². The minimum Gasteiger partial charge on any atom is -0.482 e. The van der Waals surface area contributed by atoms with E-state index in [2.05, 4.69) is 9.47 Å². The Kier molecular flexibility index (Phi) is 7.76. The molecule has 0 aromatic heterocycles. The first-order chi connectivity index (χ1) is 8.65. The third kappa shape index (κ3) is 6.30. The highest BCUT2D eigenvalue weighted by molar-refractivity contribution is 5.71. The fourth-order valence-corrected chi connectivity index (χ4v) is 1.03. The summed E-state index contributed by atoms with van der Waals surface area (Å²) in [4.78, 5) is 21.7. The van der Waals surface area contributed by atoms with Crippen LogP contribution in [-0.4, -0.2) is 39.4 Å². The maximum atomic E-state index is 10.8. The quantitative estimate of drug-likeness (QED) is 0.728. The summed E-state index contributed by atoms with van der Waals surface area (Å²) in [6, 6.07) is 6.48. The number of methoxy groups -OCH3 is 2. The summed E-state index contributed by atoms with van der Waals surface area (Å²) in [6.07, 6.45) is 0. The van der Waals surface area contributed by atoms with Gasteiger partial charge in [-0.15, -0.1) is 0 Å². The molecule has 0 aliphatic carbocycles. The van der Waals surface area contributed by atoms with Crippen LogP contribution in [0, 0.1) is 0 Å². The standard InChI is InChI=1S/C12H14O6.CH4/c1-15-11(13)7-17-9-3-5-10(6-4-9)18-8-12(14)16-2;/h3-6H,7-8H2,1-2H3;1H4. The summed E-state index contributed by atoms with van der Waals surface area (Å²) in [5, 5.41) is 0. The molecule has 106 valence electrons. The average molecular weight is 270 g/mol. The fourth-order valence-electron chi connectivity index (χ4n) is 1.03. The monoisotopic (exact) mass is 270 g/mol. The van der Waals surface area contributed by atoms with Gasteiger partial charge in [-0.1, -0.05) is 7.43 Å². The highest BCUT2D eigenvalue weighted by Gasteiger charge is 2.03. The molecule has 0 saturated carbocycles. The van der Waals surface area contributed by atoms with Gasteiger partial charge in [-0.3, -0.25) is 0 Å². The van der Waals surface area contributed by atoms with E-state index in [1.165, 1.54) is 14.2 Å². The maximum absolute atomic E-state index is 10.8. The van der Waals surface area contributed by atoms with Gasteiger partial charge in [-0.2, -0.15) is 0 Å². The Bertz CT molecular complexity index is 359. The Morgan fingerprint density at radius 1 is 0.842 bits per heavy atom. The number of benzene rings is 1. The van der Waals surface area contributed by atoms with Gasteiger partial charge < -0.3 is 18.9 Å². The van der Waals surface area contributed by atoms with E-state index in [4.69, 9.17) is 9.47 Å². The second kappa shape index (κ2) is 8.79. The Labute approximate surface area is 112 Å². The number of hydrogen-bond donors (Lipinski definition) is 0. The van der Waals surface area contributed by atoms with Crippen molar-refractivity contribution in [2.45, 2.75) is 7.43 Å². The van der Waals surface area contributed by atoms with Crippen LogP contribution >= 0.6 is 0 Å². The third-order valence-corrected chi connectivity index (χ3v) is 1.99. The molecule has 0 aliphatic rings. The molecular weight excluding hydrogens is 252 g/mol. The summed E-state index contributed by atoms with van der Waals surface area (Å²) in [5.74, 6) is 0.0960. The number of carbonyl (C=O) groups is 2. The van der Waals surface area contributed by atoms with E-state index in [-0.39, 0.29) is 20.6 Å². The van der Waals surface area contributed by atoms with E-state index in [0.29, 0.717) is 11.5 Å². The Balaban J connectivity index is 0.00000324. The van der Waals surface area contributed by atoms with E-state index >= 15 is 0 Å². The first-order valence-corrected chi connectivity index (χ1v) is 5.15. The molecule has 0 spiro atoms. The van der Waals surface area contributed by atoms with E-state index in [9.17, 15) is 9.59 Å². The van der Waals surface area contributed by atoms with Gasteiger partial charge in [0.15, 0.2) is 13.2 Å². The smallest absolute Gasteiger partial charge is 0.343 e. The molecule has 0 N–H and O–H groups in total. The van der Waals surface area contributed by atoms with E-state index in [0.717, 1.165) is 0 Å². The first-order valence-electron chi connectivity index (χ1n) is 5.15. The average Bonchev–Trinajstić information content (AvgIpc) is 2.43. The topological polar surface area (TPSA) is 71.1 Å². The lowest BCUT2D eigenvalue weighted by Gasteiger charge is -2.07. The molecule has 0 radical (unpaired) electrons. The minimum absolute atomic E-state index is 0. The van der Waals surface area contributed by atoms with Crippen LogP contribution in [0.3, 0.4) is 0 Å². The van der Waals surface area contributed by atoms with Crippen molar-refractivity contribution >= 4 is 11.9 Å². The van der Waals surface area contributed by atoms with Crippen molar-refractivity contribution in [1.29, 1.82) is 0 Å². The zero-order valence-electron chi connectivity index (χ0n) is 10.2. The lowest BCUT2D eigenvalue weighted by atomic mass is 10.3. The van der Waals surface area contributed by atoms with Crippen molar-refractivity contribution in [3.8, 4) is 11.5 Å². The molecule has 0 amide bonds. The molecule has 0 atom stereocenters. The van der Waals surface area contributed by atoms with Gasteiger partial charge in [0.1, 0.15) is 11.5 Å². The van der Waals surface area contributed by atoms with E-state index in [1.54, 1.807) is 24.3 Å². The minimum atomic E-state index is -0.457. The molecule has 0 aliphatic heterocycles. The second-order valence-electron chi connectivity index (χ2n) is 3.20. The van der Waals surface area contributed by atoms with E-state index in [1.807, 2.05) is 0 Å². The molecule has 1 rings (SSSR count). The molecule has 1 aromatic rings. The predicted octanol–water partition coefficient (Wildman–Crippen LogP) is 1.43. The van der Waals surface area contributed by atoms with Gasteiger partial charge in [-0.25, -0.2) is 9.59 Å². The van der Waals surface area contributed by atoms with Gasteiger partial charge in [0.25, 0.3) is 0 Å². The molecule has 0 fully saturated rings. The van der Waals surface area contributed by atoms with Crippen LogP contribution in [0.4, 0.5) is 0 Å². The van der Waals surface area contributed by atoms with Crippen LogP contribution in [0.15, 0.2) is 24.3 Å². The van der Waals surface area contributed by atoms with Crippen molar-refractivity contribution in [2.75, 3.05) is 27.4 Å². The summed E-state index contributed by atoms with van der Waals surface area (Å²) < 4.78 is 19.1. The van der Waals surface area contributed by atoms with Crippen molar-refractivity contribution < 1.29 is 28.5 Å². The van der Waals surface area contributed by atoms with Gasteiger partial charge >= 0.3 is 11.9 Å². The van der Waals surface area contributed by atoms with Gasteiger partial charge in [0, 0.05) is 0 Å². The van der Waals surface area contributed by atoms with Gasteiger partial charge in [0.2, 0.25) is 0 Å². The van der Waals surface area contributed by atoms with Crippen molar-refractivity contribution in [1.82, 2.24) is 0 Å². The van der Waals surface area contributed by atoms with Crippen LogP contribution in [0.2, 0.25) is 0 Å². The number of ether oxygens (including phenoxy) is 4. The third-order valence-electron chi connectivity index (χ3n) is 1.99. The zero-order chi connectivity index (χ0) is 13.4. The summed E-state index contributed by atoms with van der Waals surface area (Å²) >= 11 is 0. The second-order valence-corrected chi connectivity index (χ2v) is 3.20. The number of rotatable bonds is 6. The van der Waals surface area contributed by atoms with Crippen LogP contribution < -0.4 is 9.47 Å². The van der Waals surface area contributed by atoms with Crippen molar-refractivity contribution in [3.05, 3.63) is 24.3 Å². The Hall–Kier alpha value is -2.24. The summed E-state index contributed by atoms with van der Waals surface area (Å²) in [7, 11) is 2.57. The van der Waals surface area contributed by atoms with E-state index < -0.39 is 11.9 Å². The normalized spacial score (nSPS) is 8.95. The largest absolute Gasteiger partial charge is 0.482 e. The molecule has 1 aromatic carbocycles. The summed E-state index contributed by atoms with van der Waals surface area (Å²) in [5.41, 5.74) is 0. The Morgan fingerprint density at radius 2 is 1.16 bits per heavy atom. The fraction of sp³-hybridized carbons (Fsp3) is 0.385. The van der Waals surface area contributed by atoms with Gasteiger partial charge in [0.05, 0.1) is 14.2 Å². The molecule has 0 heterocycles. The zero-order valence-corrected chi connectivity index (χ0v) is 10.2. The summed E-state index contributed by atoms with van der Waals surface area (Å²) in [6.45, 7) is -0.308. The maximum Gasteiger partial charge on any atom is 0.343 e. The molecular formula is C13H18O6. The molecule has 6 heteroatoms. The molecule has 0 bridgehead atoms. The molecule has 6 nitrogen and oxygen atoms in total. The number of carbonyl (C=O) groups excluding carboxylic acids is 2. The van der Waals surface area contributed by atoms with Gasteiger partial charge in [-0.05, 0) is 24.3 Å². The highest BCUT2D eigenvalue weighted by atomic mass is 16.6. The first kappa shape index (κ1) is 16.8. The highest BCUT2D eigenvalue weighted by Crippen LogP contribution is 2.17. The number of esters is 2. The SMILES string of the molecule is C.COC(=O)COc1ccc(OCC(=O)OC)cc1. The van der Waals surface area contributed by atoms with Crippen LogP contribution in [0.1, 0.15) is 7.43 Å². The van der Waals surface area contributed by atoms with Crippen LogP contribution in [0.25, 0.3) is 0 Å². The van der Waals surface area contributed by atoms with Crippen LogP contribution in [-0.2, 0) is 19.1 Å². The predicted molar refractivity (Wildman–Crippen MR) is 68.2 cm³/mol. The Morgan fingerprint density at radius 3 is 1.42 bits per heavy atom. The lowest BCUT2D eigenvalue weighted by Crippen LogP contribution is -2.13. The van der Waals surface area contributed by atoms with Crippen molar-refractivity contribution in [2.24, 2.45) is 0 Å². The number of hydrogen-bond acceptors (Lipinski definition) is 6. The molecule has 19 heavy (non-hydrogen) atoms. The molecule has 0 saturated heterocycles. The lowest BCUT2D eigenvalue weighted by molar-refractivity contribution is -0.143. The van der Waals surface area contributed by atoms with Crippen LogP contribution in [0.5, 0.6) is 11.5 Å². The molecule has 0 unspecified atom stereocenters.